The van der Waals surface area contributed by atoms with Gasteiger partial charge in [0.25, 0.3) is 0 Å². The van der Waals surface area contributed by atoms with Crippen LogP contribution in [0.25, 0.3) is 33.2 Å². The summed E-state index contributed by atoms with van der Waals surface area (Å²) in [6.45, 7) is 2.19. The average Bonchev–Trinajstić information content (AvgIpc) is 3.16. The van der Waals surface area contributed by atoms with E-state index in [0.29, 0.717) is 0 Å². The van der Waals surface area contributed by atoms with Crippen molar-refractivity contribution in [3.8, 4) is 11.1 Å². The summed E-state index contributed by atoms with van der Waals surface area (Å²) in [7, 11) is 0. The Morgan fingerprint density at radius 1 is 0.852 bits per heavy atom. The number of aromatic nitrogens is 4. The summed E-state index contributed by atoms with van der Waals surface area (Å²) in [5.41, 5.74) is 6.24. The molecule has 2 aromatic carbocycles. The fourth-order valence-electron chi connectivity index (χ4n) is 3.61. The maximum Gasteiger partial charge on any atom is 0.177 e. The zero-order chi connectivity index (χ0) is 18.2. The molecule has 3 heterocycles. The van der Waals surface area contributed by atoms with E-state index < -0.39 is 0 Å². The van der Waals surface area contributed by atoms with E-state index >= 15 is 0 Å². The number of fused-ring (bicyclic) bond motifs is 2. The van der Waals surface area contributed by atoms with Crippen molar-refractivity contribution in [1.29, 1.82) is 0 Å². The van der Waals surface area contributed by atoms with E-state index in [1.54, 1.807) is 0 Å². The number of hydrogen-bond acceptors (Lipinski definition) is 3. The van der Waals surface area contributed by atoms with E-state index in [4.69, 9.17) is 0 Å². The predicted molar refractivity (Wildman–Crippen MR) is 109 cm³/mol. The second-order valence-corrected chi connectivity index (χ2v) is 6.68. The van der Waals surface area contributed by atoms with Crippen molar-refractivity contribution in [2.75, 3.05) is 0 Å². The summed E-state index contributed by atoms with van der Waals surface area (Å²) in [4.78, 5) is 13.6. The van der Waals surface area contributed by atoms with E-state index in [-0.39, 0.29) is 6.04 Å². The highest BCUT2D eigenvalue weighted by molar-refractivity contribution is 5.95. The van der Waals surface area contributed by atoms with Crippen molar-refractivity contribution in [2.45, 2.75) is 13.0 Å². The fraction of sp³-hybridized carbons (Fsp3) is 0.0870. The van der Waals surface area contributed by atoms with Crippen LogP contribution >= 0.6 is 0 Å². The molecule has 0 fully saturated rings. The fourth-order valence-corrected chi connectivity index (χ4v) is 3.61. The van der Waals surface area contributed by atoms with Crippen LogP contribution in [0.3, 0.4) is 0 Å². The number of benzene rings is 2. The first-order chi connectivity index (χ1) is 13.3. The lowest BCUT2D eigenvalue weighted by Gasteiger charge is -2.15. The summed E-state index contributed by atoms with van der Waals surface area (Å²) in [5, 5.41) is 1.13. The molecule has 0 aliphatic rings. The van der Waals surface area contributed by atoms with Crippen LogP contribution in [0, 0.1) is 0 Å². The molecule has 0 spiro atoms. The monoisotopic (exact) mass is 350 g/mol. The normalized spacial score (nSPS) is 12.5. The van der Waals surface area contributed by atoms with Gasteiger partial charge in [-0.05, 0) is 36.2 Å². The van der Waals surface area contributed by atoms with Gasteiger partial charge < -0.3 is 4.57 Å². The lowest BCUT2D eigenvalue weighted by atomic mass is 10.0. The van der Waals surface area contributed by atoms with Crippen LogP contribution in [0.5, 0.6) is 0 Å². The Hall–Kier alpha value is -3.53. The molecule has 0 aliphatic heterocycles. The number of nitrogens with zero attached hydrogens (tertiary/aromatic N) is 4. The number of hydrogen-bond donors (Lipinski definition) is 0. The minimum absolute atomic E-state index is 0.183. The highest BCUT2D eigenvalue weighted by Gasteiger charge is 2.14. The van der Waals surface area contributed by atoms with Crippen LogP contribution in [0.1, 0.15) is 18.5 Å². The van der Waals surface area contributed by atoms with Gasteiger partial charge in [-0.3, -0.25) is 4.98 Å². The summed E-state index contributed by atoms with van der Waals surface area (Å²) >= 11 is 0. The molecular weight excluding hydrogens is 332 g/mol. The molecule has 27 heavy (non-hydrogen) atoms. The molecular formula is C23H18N4. The standard InChI is InChI=1S/C23H18N4/c1-16(17-7-3-2-4-8-17)27-15-26-23-22(27)13-18(14-25-23)19-11-12-24-21-10-6-5-9-20(19)21/h2-16H,1H3. The third-order valence-electron chi connectivity index (χ3n) is 5.09. The number of rotatable bonds is 3. The molecule has 4 heteroatoms. The molecule has 3 aromatic heterocycles. The topological polar surface area (TPSA) is 43.6 Å². The lowest BCUT2D eigenvalue weighted by Crippen LogP contribution is -2.05. The molecule has 0 N–H and O–H groups in total. The molecule has 130 valence electrons. The Balaban J connectivity index is 1.67. The maximum absolute atomic E-state index is 4.61. The van der Waals surface area contributed by atoms with Crippen molar-refractivity contribution in [3.05, 3.63) is 91.0 Å². The SMILES string of the molecule is CC(c1ccccc1)n1cnc2ncc(-c3ccnc4ccccc34)cc21. The highest BCUT2D eigenvalue weighted by atomic mass is 15.1. The Kier molecular flexibility index (Phi) is 3.68. The summed E-state index contributed by atoms with van der Waals surface area (Å²) in [5.74, 6) is 0. The highest BCUT2D eigenvalue weighted by Crippen LogP contribution is 2.30. The second-order valence-electron chi connectivity index (χ2n) is 6.68. The number of para-hydroxylation sites is 1. The van der Waals surface area contributed by atoms with Crippen molar-refractivity contribution in [3.63, 3.8) is 0 Å². The Bertz CT molecular complexity index is 1240. The molecule has 4 nitrogen and oxygen atoms in total. The summed E-state index contributed by atoms with van der Waals surface area (Å²) in [6, 6.07) is 23.1. The van der Waals surface area contributed by atoms with Gasteiger partial charge in [-0.1, -0.05) is 48.5 Å². The van der Waals surface area contributed by atoms with Crippen LogP contribution < -0.4 is 0 Å². The van der Waals surface area contributed by atoms with E-state index in [1.165, 1.54) is 5.56 Å². The third kappa shape index (κ3) is 2.66. The molecule has 5 aromatic rings. The van der Waals surface area contributed by atoms with E-state index in [0.717, 1.165) is 33.2 Å². The zero-order valence-corrected chi connectivity index (χ0v) is 14.9. The molecule has 1 unspecified atom stereocenters. The summed E-state index contributed by atoms with van der Waals surface area (Å²) in [6.07, 6.45) is 5.63. The number of pyridine rings is 2. The minimum Gasteiger partial charge on any atom is -0.322 e. The molecule has 0 amide bonds. The van der Waals surface area contributed by atoms with E-state index in [9.17, 15) is 0 Å². The van der Waals surface area contributed by atoms with Crippen molar-refractivity contribution in [2.24, 2.45) is 0 Å². The number of imidazole rings is 1. The summed E-state index contributed by atoms with van der Waals surface area (Å²) < 4.78 is 2.19. The zero-order valence-electron chi connectivity index (χ0n) is 14.9. The first-order valence-electron chi connectivity index (χ1n) is 9.03. The van der Waals surface area contributed by atoms with Crippen LogP contribution in [-0.4, -0.2) is 19.5 Å². The largest absolute Gasteiger partial charge is 0.322 e. The first kappa shape index (κ1) is 15.7. The van der Waals surface area contributed by atoms with Crippen LogP contribution in [0.15, 0.2) is 85.5 Å². The first-order valence-corrected chi connectivity index (χ1v) is 9.03. The van der Waals surface area contributed by atoms with Crippen molar-refractivity contribution < 1.29 is 0 Å². The van der Waals surface area contributed by atoms with Gasteiger partial charge in [-0.25, -0.2) is 9.97 Å². The third-order valence-corrected chi connectivity index (χ3v) is 5.09. The van der Waals surface area contributed by atoms with Gasteiger partial charge in [0.05, 0.1) is 23.4 Å². The van der Waals surface area contributed by atoms with Gasteiger partial charge in [-0.15, -0.1) is 0 Å². The van der Waals surface area contributed by atoms with Gasteiger partial charge in [0.1, 0.15) is 0 Å². The van der Waals surface area contributed by atoms with Crippen LogP contribution in [-0.2, 0) is 0 Å². The van der Waals surface area contributed by atoms with Gasteiger partial charge in [0.15, 0.2) is 5.65 Å². The lowest BCUT2D eigenvalue weighted by molar-refractivity contribution is 0.658. The Labute approximate surface area is 157 Å². The second kappa shape index (κ2) is 6.32. The molecule has 5 rings (SSSR count). The molecule has 0 aliphatic carbocycles. The predicted octanol–water partition coefficient (Wildman–Crippen LogP) is 5.26. The Morgan fingerprint density at radius 2 is 1.67 bits per heavy atom. The molecule has 0 saturated heterocycles. The molecule has 1 atom stereocenters. The van der Waals surface area contributed by atoms with Gasteiger partial charge in [0, 0.05) is 23.3 Å². The van der Waals surface area contributed by atoms with Crippen molar-refractivity contribution in [1.82, 2.24) is 19.5 Å². The maximum atomic E-state index is 4.61. The van der Waals surface area contributed by atoms with Crippen LogP contribution in [0.2, 0.25) is 0 Å². The smallest absolute Gasteiger partial charge is 0.177 e. The molecule has 0 radical (unpaired) electrons. The average molecular weight is 350 g/mol. The Morgan fingerprint density at radius 3 is 2.56 bits per heavy atom. The quantitative estimate of drug-likeness (QED) is 0.446. The van der Waals surface area contributed by atoms with E-state index in [2.05, 4.69) is 62.8 Å². The molecule has 0 bridgehead atoms. The van der Waals surface area contributed by atoms with E-state index in [1.807, 2.05) is 49.1 Å². The van der Waals surface area contributed by atoms with Gasteiger partial charge in [-0.2, -0.15) is 0 Å². The van der Waals surface area contributed by atoms with Gasteiger partial charge >= 0.3 is 0 Å². The molecule has 0 saturated carbocycles. The van der Waals surface area contributed by atoms with Gasteiger partial charge in [0.2, 0.25) is 0 Å². The van der Waals surface area contributed by atoms with Crippen molar-refractivity contribution >= 4 is 22.1 Å². The minimum atomic E-state index is 0.183. The van der Waals surface area contributed by atoms with Crippen LogP contribution in [0.4, 0.5) is 0 Å².